The number of rotatable bonds is 6. The summed E-state index contributed by atoms with van der Waals surface area (Å²) in [6.07, 6.45) is 1.40. The monoisotopic (exact) mass is 490 g/mol. The van der Waals surface area contributed by atoms with Gasteiger partial charge in [0.15, 0.2) is 23.0 Å². The fourth-order valence-electron chi connectivity index (χ4n) is 3.58. The van der Waals surface area contributed by atoms with Gasteiger partial charge >= 0.3 is 11.3 Å². The molecule has 0 aliphatic rings. The zero-order valence-electron chi connectivity index (χ0n) is 19.5. The topological polar surface area (TPSA) is 149 Å². The first-order valence-corrected chi connectivity index (χ1v) is 10.4. The first kappa shape index (κ1) is 22.8. The average Bonchev–Trinajstić information content (AvgIpc) is 2.91. The second kappa shape index (κ2) is 8.98. The molecule has 0 saturated carbocycles. The Kier molecular flexibility index (Phi) is 5.68. The lowest BCUT2D eigenvalue weighted by molar-refractivity contribution is 0.355. The van der Waals surface area contributed by atoms with Gasteiger partial charge < -0.3 is 27.8 Å². The Hall–Kier alpha value is -5.00. The third-order valence-electron chi connectivity index (χ3n) is 5.33. The quantitative estimate of drug-likeness (QED) is 0.344. The summed E-state index contributed by atoms with van der Waals surface area (Å²) in [6.45, 7) is 0. The second-order valence-electron chi connectivity index (χ2n) is 7.33. The normalized spacial score (nSPS) is 11.0. The van der Waals surface area contributed by atoms with Crippen molar-refractivity contribution in [3.8, 4) is 46.3 Å². The first-order chi connectivity index (χ1) is 17.4. The molecule has 0 radical (unpaired) electrons. The summed E-state index contributed by atoms with van der Waals surface area (Å²) in [7, 11) is 5.86. The second-order valence-corrected chi connectivity index (χ2v) is 7.33. The van der Waals surface area contributed by atoms with Gasteiger partial charge in [0.2, 0.25) is 11.7 Å². The van der Waals surface area contributed by atoms with Gasteiger partial charge in [0, 0.05) is 30.5 Å². The minimum atomic E-state index is -0.665. The van der Waals surface area contributed by atoms with E-state index < -0.39 is 11.3 Å². The minimum absolute atomic E-state index is 0.0156. The zero-order chi connectivity index (χ0) is 25.4. The molecule has 5 rings (SSSR count). The number of fused-ring (bicyclic) bond motifs is 2. The van der Waals surface area contributed by atoms with Crippen LogP contribution >= 0.6 is 0 Å². The number of hydrogen-bond acceptors (Lipinski definition) is 12. The fraction of sp³-hybridized carbons (Fsp3) is 0.167. The van der Waals surface area contributed by atoms with Crippen LogP contribution in [0.3, 0.4) is 0 Å². The van der Waals surface area contributed by atoms with Crippen LogP contribution in [0.5, 0.6) is 23.0 Å². The summed E-state index contributed by atoms with van der Waals surface area (Å²) in [5.74, 6) is 1.27. The Labute approximate surface area is 202 Å². The molecule has 182 valence electrons. The van der Waals surface area contributed by atoms with E-state index in [1.165, 1.54) is 52.8 Å². The predicted octanol–water partition coefficient (Wildman–Crippen LogP) is 2.85. The van der Waals surface area contributed by atoms with Crippen LogP contribution in [0.2, 0.25) is 0 Å². The van der Waals surface area contributed by atoms with Crippen LogP contribution < -0.4 is 30.2 Å². The van der Waals surface area contributed by atoms with Gasteiger partial charge in [0.05, 0.1) is 50.2 Å². The van der Waals surface area contributed by atoms with E-state index in [-0.39, 0.29) is 34.1 Å². The highest BCUT2D eigenvalue weighted by atomic mass is 16.5. The van der Waals surface area contributed by atoms with Crippen LogP contribution in [-0.2, 0) is 0 Å². The number of benzene rings is 2. The van der Waals surface area contributed by atoms with Crippen LogP contribution in [-0.4, -0.2) is 48.4 Å². The minimum Gasteiger partial charge on any atom is -0.493 e. The smallest absolute Gasteiger partial charge is 0.347 e. The molecule has 3 heterocycles. The Balaban J connectivity index is 1.63. The van der Waals surface area contributed by atoms with Crippen molar-refractivity contribution < 1.29 is 27.8 Å². The van der Waals surface area contributed by atoms with Crippen molar-refractivity contribution in [3.05, 3.63) is 57.4 Å². The van der Waals surface area contributed by atoms with E-state index in [9.17, 15) is 9.59 Å². The number of nitrogens with zero attached hydrogens (tertiary/aromatic N) is 4. The van der Waals surface area contributed by atoms with Gasteiger partial charge in [-0.1, -0.05) is 0 Å². The van der Waals surface area contributed by atoms with E-state index in [2.05, 4.69) is 19.9 Å². The molecule has 0 saturated heterocycles. The lowest BCUT2D eigenvalue weighted by Gasteiger charge is -2.09. The van der Waals surface area contributed by atoms with Crippen LogP contribution in [0, 0.1) is 0 Å². The molecule has 0 atom stereocenters. The molecular weight excluding hydrogens is 472 g/mol. The van der Waals surface area contributed by atoms with Crippen LogP contribution in [0.1, 0.15) is 0 Å². The van der Waals surface area contributed by atoms with E-state index in [0.717, 1.165) is 0 Å². The maximum atomic E-state index is 12.7. The van der Waals surface area contributed by atoms with Crippen LogP contribution in [0.4, 0.5) is 0 Å². The van der Waals surface area contributed by atoms with Gasteiger partial charge in [0.1, 0.15) is 5.69 Å². The van der Waals surface area contributed by atoms with Crippen LogP contribution in [0.15, 0.2) is 55.0 Å². The number of methoxy groups -OCH3 is 4. The molecular formula is C24H18N4O8. The highest BCUT2D eigenvalue weighted by Gasteiger charge is 2.18. The highest BCUT2D eigenvalue weighted by molar-refractivity contribution is 5.83. The molecule has 0 bridgehead atoms. The zero-order valence-corrected chi connectivity index (χ0v) is 19.5. The summed E-state index contributed by atoms with van der Waals surface area (Å²) in [6, 6.07) is 7.56. The lowest BCUT2D eigenvalue weighted by Crippen LogP contribution is -2.07. The van der Waals surface area contributed by atoms with Gasteiger partial charge in [-0.3, -0.25) is 0 Å². The van der Waals surface area contributed by atoms with E-state index >= 15 is 0 Å². The number of aromatic nitrogens is 4. The van der Waals surface area contributed by atoms with Crippen molar-refractivity contribution in [2.24, 2.45) is 0 Å². The lowest BCUT2D eigenvalue weighted by atomic mass is 10.2. The Morgan fingerprint density at radius 3 is 1.64 bits per heavy atom. The van der Waals surface area contributed by atoms with Crippen molar-refractivity contribution in [3.63, 3.8) is 0 Å². The van der Waals surface area contributed by atoms with Crippen molar-refractivity contribution in [1.29, 1.82) is 0 Å². The molecule has 12 nitrogen and oxygen atoms in total. The van der Waals surface area contributed by atoms with Crippen molar-refractivity contribution in [2.45, 2.75) is 0 Å². The van der Waals surface area contributed by atoms with E-state index in [1.54, 1.807) is 12.1 Å². The molecule has 0 N–H and O–H groups in total. The van der Waals surface area contributed by atoms with Crippen LogP contribution in [0.25, 0.3) is 45.1 Å². The maximum absolute atomic E-state index is 12.7. The molecule has 0 aliphatic carbocycles. The average molecular weight is 490 g/mol. The summed E-state index contributed by atoms with van der Waals surface area (Å²) < 4.78 is 31.8. The molecule has 2 aromatic carbocycles. The fourth-order valence-corrected chi connectivity index (χ4v) is 3.58. The Morgan fingerprint density at radius 2 is 1.11 bits per heavy atom. The van der Waals surface area contributed by atoms with E-state index in [1.807, 2.05) is 0 Å². The first-order valence-electron chi connectivity index (χ1n) is 10.4. The van der Waals surface area contributed by atoms with Crippen molar-refractivity contribution in [1.82, 2.24) is 19.9 Å². The summed E-state index contributed by atoms with van der Waals surface area (Å²) in [5.41, 5.74) is -0.528. The largest absolute Gasteiger partial charge is 0.493 e. The third-order valence-corrected chi connectivity index (χ3v) is 5.33. The molecule has 36 heavy (non-hydrogen) atoms. The van der Waals surface area contributed by atoms with Gasteiger partial charge in [-0.2, -0.15) is 0 Å². The van der Waals surface area contributed by atoms with Gasteiger partial charge in [-0.15, -0.1) is 0 Å². The molecule has 12 heteroatoms. The van der Waals surface area contributed by atoms with Gasteiger partial charge in [0.25, 0.3) is 5.89 Å². The van der Waals surface area contributed by atoms with Crippen molar-refractivity contribution in [2.75, 3.05) is 28.4 Å². The molecule has 0 aliphatic heterocycles. The SMILES string of the molecule is COc1cc2nc(-c3ccnc(-c4nc5cc(OC)c(OC)cc5c(=O)o4)n3)oc(=O)c2cc1OC. The standard InChI is InChI=1S/C24H18N4O8/c1-31-16-7-11-14(9-18(16)33-3)27-21(35-23(11)29)13-5-6-25-20(26-13)22-28-15-10-19(34-4)17(32-2)8-12(15)24(30)36-22/h5-10H,1-4H3. The Morgan fingerprint density at radius 1 is 0.639 bits per heavy atom. The molecule has 0 amide bonds. The summed E-state index contributed by atoms with van der Waals surface area (Å²) in [4.78, 5) is 42.6. The van der Waals surface area contributed by atoms with Gasteiger partial charge in [-0.25, -0.2) is 29.5 Å². The number of ether oxygens (including phenoxy) is 4. The summed E-state index contributed by atoms with van der Waals surface area (Å²) >= 11 is 0. The Bertz CT molecular complexity index is 1620. The predicted molar refractivity (Wildman–Crippen MR) is 127 cm³/mol. The highest BCUT2D eigenvalue weighted by Crippen LogP contribution is 2.32. The molecule has 0 spiro atoms. The van der Waals surface area contributed by atoms with Crippen molar-refractivity contribution >= 4 is 21.8 Å². The number of hydrogen-bond donors (Lipinski definition) is 0. The molecule has 0 fully saturated rings. The molecule has 5 aromatic rings. The third kappa shape index (κ3) is 3.83. The summed E-state index contributed by atoms with van der Waals surface area (Å²) in [5, 5.41) is 0.399. The maximum Gasteiger partial charge on any atom is 0.347 e. The van der Waals surface area contributed by atoms with E-state index in [4.69, 9.17) is 27.8 Å². The molecule has 3 aromatic heterocycles. The van der Waals surface area contributed by atoms with Gasteiger partial charge in [-0.05, 0) is 6.07 Å². The molecule has 0 unspecified atom stereocenters. The van der Waals surface area contributed by atoms with E-state index in [0.29, 0.717) is 34.0 Å².